The zero-order chi connectivity index (χ0) is 34.4. The van der Waals surface area contributed by atoms with Crippen LogP contribution in [-0.2, 0) is 10.8 Å². The number of para-hydroxylation sites is 1. The molecule has 0 N–H and O–H groups in total. The van der Waals surface area contributed by atoms with Gasteiger partial charge in [0.25, 0.3) is 0 Å². The van der Waals surface area contributed by atoms with Gasteiger partial charge in [-0.15, -0.1) is 0 Å². The molecule has 0 heterocycles. The summed E-state index contributed by atoms with van der Waals surface area (Å²) in [5.74, 6) is 0.168. The summed E-state index contributed by atoms with van der Waals surface area (Å²) >= 11 is 0. The molecule has 4 aliphatic rings. The average Bonchev–Trinajstić information content (AvgIpc) is 3.80. The number of hydrogen-bond donors (Lipinski definition) is 0. The van der Waals surface area contributed by atoms with E-state index in [1.807, 2.05) is 0 Å². The molecule has 52 heavy (non-hydrogen) atoms. The number of allylic oxidation sites excluding steroid dienone is 2. The van der Waals surface area contributed by atoms with Crippen LogP contribution in [-0.4, -0.2) is 6.04 Å². The number of rotatable bonds is 4. The van der Waals surface area contributed by atoms with Crippen LogP contribution in [0.15, 0.2) is 200 Å². The van der Waals surface area contributed by atoms with Crippen LogP contribution >= 0.6 is 0 Å². The molecule has 1 heteroatoms. The van der Waals surface area contributed by atoms with Gasteiger partial charge in [-0.1, -0.05) is 176 Å². The van der Waals surface area contributed by atoms with Crippen molar-refractivity contribution >= 4 is 11.4 Å². The minimum absolute atomic E-state index is 0.0486. The van der Waals surface area contributed by atoms with Crippen molar-refractivity contribution in [2.24, 2.45) is 0 Å². The Labute approximate surface area is 305 Å². The van der Waals surface area contributed by atoms with Crippen molar-refractivity contribution in [1.29, 1.82) is 0 Å². The lowest BCUT2D eigenvalue weighted by molar-refractivity contribution is 0.607. The van der Waals surface area contributed by atoms with E-state index in [1.165, 1.54) is 78.1 Å². The first-order valence-corrected chi connectivity index (χ1v) is 18.5. The zero-order valence-corrected chi connectivity index (χ0v) is 29.1. The van der Waals surface area contributed by atoms with E-state index in [1.54, 1.807) is 0 Å². The molecule has 0 saturated carbocycles. The molecule has 0 fully saturated rings. The van der Waals surface area contributed by atoms with Crippen LogP contribution in [0.1, 0.15) is 51.8 Å². The molecule has 0 radical (unpaired) electrons. The Bertz CT molecular complexity index is 2570. The third-order valence-electron chi connectivity index (χ3n) is 12.6. The summed E-state index contributed by atoms with van der Waals surface area (Å²) in [6, 6.07) is 65.9. The summed E-state index contributed by atoms with van der Waals surface area (Å²) in [6.45, 7) is 2.44. The molecule has 3 unspecified atom stereocenters. The van der Waals surface area contributed by atoms with Crippen LogP contribution < -0.4 is 4.90 Å². The van der Waals surface area contributed by atoms with Gasteiger partial charge < -0.3 is 4.90 Å². The van der Waals surface area contributed by atoms with Crippen LogP contribution in [0.4, 0.5) is 11.4 Å². The minimum Gasteiger partial charge on any atom is -0.333 e. The van der Waals surface area contributed by atoms with Crippen molar-refractivity contribution in [3.63, 3.8) is 0 Å². The van der Waals surface area contributed by atoms with Crippen LogP contribution in [0.5, 0.6) is 0 Å². The van der Waals surface area contributed by atoms with E-state index >= 15 is 0 Å². The molecular formula is C51H37N. The standard InChI is InChI=1S/C51H37N/c1-50(34-18-4-2-5-19-34)40-26-12-10-24-38(40)48-44(50)30-16-32-46(48)52(35-20-6-3-7-21-35)47-33-17-31-45-49(47)39-25-11-15-29-43(39)51(45)41-27-13-8-22-36(41)37-23-9-14-28-42(37)51/h2-33,46,48H,1H3. The van der Waals surface area contributed by atoms with Gasteiger partial charge in [-0.05, 0) is 86.3 Å². The van der Waals surface area contributed by atoms with Gasteiger partial charge in [0.1, 0.15) is 0 Å². The highest BCUT2D eigenvalue weighted by Crippen LogP contribution is 2.65. The van der Waals surface area contributed by atoms with Crippen molar-refractivity contribution in [2.45, 2.75) is 29.7 Å². The topological polar surface area (TPSA) is 3.24 Å². The fourth-order valence-corrected chi connectivity index (χ4v) is 10.6. The quantitative estimate of drug-likeness (QED) is 0.181. The second-order valence-corrected chi connectivity index (χ2v) is 14.8. The molecule has 0 amide bonds. The lowest BCUT2D eigenvalue weighted by Crippen LogP contribution is -2.38. The summed E-state index contributed by atoms with van der Waals surface area (Å²) in [7, 11) is 0. The van der Waals surface area contributed by atoms with Gasteiger partial charge in [0.15, 0.2) is 0 Å². The van der Waals surface area contributed by atoms with E-state index in [2.05, 4.69) is 206 Å². The highest BCUT2D eigenvalue weighted by molar-refractivity contribution is 6.00. The molecule has 0 saturated heterocycles. The summed E-state index contributed by atoms with van der Waals surface area (Å²) in [6.07, 6.45) is 7.18. The third-order valence-corrected chi connectivity index (χ3v) is 12.6. The number of benzene rings is 7. The monoisotopic (exact) mass is 663 g/mol. The lowest BCUT2D eigenvalue weighted by atomic mass is 9.70. The molecule has 1 spiro atoms. The number of fused-ring (bicyclic) bond motifs is 13. The molecule has 3 atom stereocenters. The Balaban J connectivity index is 1.18. The summed E-state index contributed by atoms with van der Waals surface area (Å²) in [5.41, 5.74) is 18.2. The molecule has 7 aromatic carbocycles. The first-order chi connectivity index (χ1) is 25.7. The molecule has 0 bridgehead atoms. The van der Waals surface area contributed by atoms with Crippen LogP contribution in [0, 0.1) is 0 Å². The lowest BCUT2D eigenvalue weighted by Gasteiger charge is -2.41. The maximum atomic E-state index is 2.66. The van der Waals surface area contributed by atoms with Crippen LogP contribution in [0.2, 0.25) is 0 Å². The number of anilines is 2. The highest BCUT2D eigenvalue weighted by Gasteiger charge is 2.54. The maximum Gasteiger partial charge on any atom is 0.0726 e. The Hall–Kier alpha value is -6.18. The van der Waals surface area contributed by atoms with Gasteiger partial charge in [-0.2, -0.15) is 0 Å². The van der Waals surface area contributed by atoms with Gasteiger partial charge in [-0.3, -0.25) is 0 Å². The molecule has 11 rings (SSSR count). The predicted octanol–water partition coefficient (Wildman–Crippen LogP) is 12.1. The molecule has 246 valence electrons. The second-order valence-electron chi connectivity index (χ2n) is 14.8. The maximum absolute atomic E-state index is 2.66. The Morgan fingerprint density at radius 2 is 1.02 bits per heavy atom. The predicted molar refractivity (Wildman–Crippen MR) is 214 cm³/mol. The third kappa shape index (κ3) is 3.68. The van der Waals surface area contributed by atoms with E-state index in [0.717, 1.165) is 0 Å². The molecular weight excluding hydrogens is 627 g/mol. The smallest absolute Gasteiger partial charge is 0.0726 e. The van der Waals surface area contributed by atoms with Gasteiger partial charge in [0.05, 0.1) is 11.5 Å². The first kappa shape index (κ1) is 29.5. The Morgan fingerprint density at radius 1 is 0.481 bits per heavy atom. The highest BCUT2D eigenvalue weighted by atomic mass is 15.2. The van der Waals surface area contributed by atoms with Crippen molar-refractivity contribution in [3.8, 4) is 22.3 Å². The molecule has 0 aromatic heterocycles. The van der Waals surface area contributed by atoms with Gasteiger partial charge in [-0.25, -0.2) is 0 Å². The summed E-state index contributed by atoms with van der Waals surface area (Å²) < 4.78 is 0. The van der Waals surface area contributed by atoms with E-state index in [-0.39, 0.29) is 17.4 Å². The molecule has 7 aromatic rings. The van der Waals surface area contributed by atoms with E-state index < -0.39 is 5.41 Å². The van der Waals surface area contributed by atoms with Crippen molar-refractivity contribution in [3.05, 3.63) is 239 Å². The number of nitrogens with zero attached hydrogens (tertiary/aromatic N) is 1. The van der Waals surface area contributed by atoms with Crippen molar-refractivity contribution in [2.75, 3.05) is 4.90 Å². The van der Waals surface area contributed by atoms with Crippen LogP contribution in [0.3, 0.4) is 0 Å². The van der Waals surface area contributed by atoms with Crippen LogP contribution in [0.25, 0.3) is 22.3 Å². The zero-order valence-electron chi connectivity index (χ0n) is 29.1. The van der Waals surface area contributed by atoms with Crippen molar-refractivity contribution < 1.29 is 0 Å². The van der Waals surface area contributed by atoms with Gasteiger partial charge in [0.2, 0.25) is 0 Å². The van der Waals surface area contributed by atoms with E-state index in [9.17, 15) is 0 Å². The van der Waals surface area contributed by atoms with E-state index in [4.69, 9.17) is 0 Å². The normalized spacial score (nSPS) is 20.7. The molecule has 1 nitrogen and oxygen atoms in total. The molecule has 0 aliphatic heterocycles. The first-order valence-electron chi connectivity index (χ1n) is 18.5. The SMILES string of the molecule is CC1(c2ccccc2)C2=CC=CC(N(c3ccccc3)c3cccc4c3-c3ccccc3C43c4ccccc4-c4ccccc43)C2c2ccccc21. The fourth-order valence-electron chi connectivity index (χ4n) is 10.6. The minimum atomic E-state index is -0.392. The fraction of sp³-hybridized carbons (Fsp3) is 0.0980. The Kier molecular flexibility index (Phi) is 6.20. The summed E-state index contributed by atoms with van der Waals surface area (Å²) in [5, 5.41) is 0. The molecule has 4 aliphatic carbocycles. The largest absolute Gasteiger partial charge is 0.333 e. The number of hydrogen-bond acceptors (Lipinski definition) is 1. The van der Waals surface area contributed by atoms with Gasteiger partial charge >= 0.3 is 0 Å². The Morgan fingerprint density at radius 3 is 1.71 bits per heavy atom. The van der Waals surface area contributed by atoms with E-state index in [0.29, 0.717) is 0 Å². The average molecular weight is 664 g/mol. The summed E-state index contributed by atoms with van der Waals surface area (Å²) in [4.78, 5) is 2.66. The second kappa shape index (κ2) is 10.9. The van der Waals surface area contributed by atoms with Gasteiger partial charge in [0, 0.05) is 28.3 Å². The van der Waals surface area contributed by atoms with Crippen molar-refractivity contribution in [1.82, 2.24) is 0 Å².